The predicted molar refractivity (Wildman–Crippen MR) is 72.6 cm³/mol. The van der Waals surface area contributed by atoms with Crippen molar-refractivity contribution in [1.29, 1.82) is 0 Å². The van der Waals surface area contributed by atoms with Gasteiger partial charge in [-0.3, -0.25) is 4.79 Å². The van der Waals surface area contributed by atoms with Gasteiger partial charge in [-0.15, -0.1) is 0 Å². The van der Waals surface area contributed by atoms with E-state index in [0.29, 0.717) is 5.75 Å². The standard InChI is InChI=1S/C14H18O3S/c15-12(11-4-2-1-3-5-11)9-18-10-14(6-7-14)8-13(16)17/h1-5,12,15H,6-10H2,(H,16,17). The molecule has 4 heteroatoms. The van der Waals surface area contributed by atoms with Crippen LogP contribution in [0.5, 0.6) is 0 Å². The third-order valence-corrected chi connectivity index (χ3v) is 4.72. The van der Waals surface area contributed by atoms with Crippen LogP contribution < -0.4 is 0 Å². The molecule has 1 aromatic carbocycles. The zero-order valence-electron chi connectivity index (χ0n) is 10.2. The summed E-state index contributed by atoms with van der Waals surface area (Å²) in [5, 5.41) is 18.8. The van der Waals surface area contributed by atoms with Crippen molar-refractivity contribution in [3.05, 3.63) is 35.9 Å². The smallest absolute Gasteiger partial charge is 0.303 e. The molecule has 0 radical (unpaired) electrons. The van der Waals surface area contributed by atoms with Gasteiger partial charge in [-0.05, 0) is 29.6 Å². The zero-order valence-corrected chi connectivity index (χ0v) is 11.0. The molecule has 1 saturated carbocycles. The van der Waals surface area contributed by atoms with E-state index in [2.05, 4.69) is 0 Å². The van der Waals surface area contributed by atoms with Crippen LogP contribution in [0.25, 0.3) is 0 Å². The van der Waals surface area contributed by atoms with Crippen molar-refractivity contribution in [2.75, 3.05) is 11.5 Å². The number of thioether (sulfide) groups is 1. The summed E-state index contributed by atoms with van der Waals surface area (Å²) in [6.45, 7) is 0. The van der Waals surface area contributed by atoms with Crippen molar-refractivity contribution in [3.63, 3.8) is 0 Å². The maximum Gasteiger partial charge on any atom is 0.303 e. The van der Waals surface area contributed by atoms with Crippen LogP contribution in [0.2, 0.25) is 0 Å². The van der Waals surface area contributed by atoms with E-state index in [1.54, 1.807) is 11.8 Å². The van der Waals surface area contributed by atoms with Crippen LogP contribution in [0, 0.1) is 5.41 Å². The first kappa shape index (κ1) is 13.4. The average Bonchev–Trinajstić information content (AvgIpc) is 3.09. The fourth-order valence-electron chi connectivity index (χ4n) is 2.03. The molecule has 1 fully saturated rings. The SMILES string of the molecule is O=C(O)CC1(CSCC(O)c2ccccc2)CC1. The van der Waals surface area contributed by atoms with Crippen molar-refractivity contribution < 1.29 is 15.0 Å². The number of carboxylic acids is 1. The maximum atomic E-state index is 10.7. The minimum atomic E-state index is -0.711. The number of benzene rings is 1. The highest BCUT2D eigenvalue weighted by Gasteiger charge is 2.44. The quantitative estimate of drug-likeness (QED) is 0.796. The van der Waals surface area contributed by atoms with Crippen molar-refractivity contribution in [3.8, 4) is 0 Å². The van der Waals surface area contributed by atoms with Gasteiger partial charge >= 0.3 is 5.97 Å². The van der Waals surface area contributed by atoms with Gasteiger partial charge in [-0.2, -0.15) is 11.8 Å². The Morgan fingerprint density at radius 3 is 2.56 bits per heavy atom. The summed E-state index contributed by atoms with van der Waals surface area (Å²) < 4.78 is 0. The Morgan fingerprint density at radius 1 is 1.33 bits per heavy atom. The fraction of sp³-hybridized carbons (Fsp3) is 0.500. The molecular weight excluding hydrogens is 248 g/mol. The van der Waals surface area contributed by atoms with Crippen LogP contribution >= 0.6 is 11.8 Å². The predicted octanol–water partition coefficient (Wildman–Crippen LogP) is 2.71. The highest BCUT2D eigenvalue weighted by Crippen LogP contribution is 2.51. The summed E-state index contributed by atoms with van der Waals surface area (Å²) in [6, 6.07) is 9.58. The van der Waals surface area contributed by atoms with E-state index in [1.165, 1.54) is 0 Å². The minimum absolute atomic E-state index is 0.00685. The monoisotopic (exact) mass is 266 g/mol. The van der Waals surface area contributed by atoms with Crippen LogP contribution in [0.1, 0.15) is 30.9 Å². The third-order valence-electron chi connectivity index (χ3n) is 3.35. The minimum Gasteiger partial charge on any atom is -0.481 e. The van der Waals surface area contributed by atoms with Gasteiger partial charge in [0.25, 0.3) is 0 Å². The van der Waals surface area contributed by atoms with Crippen molar-refractivity contribution in [1.82, 2.24) is 0 Å². The van der Waals surface area contributed by atoms with Gasteiger partial charge < -0.3 is 10.2 Å². The Morgan fingerprint density at radius 2 is 2.00 bits per heavy atom. The normalized spacial score (nSPS) is 18.3. The van der Waals surface area contributed by atoms with Crippen LogP contribution in [0.4, 0.5) is 0 Å². The van der Waals surface area contributed by atoms with E-state index in [1.807, 2.05) is 30.3 Å². The second-order valence-corrected chi connectivity index (χ2v) is 6.04. The molecular formula is C14H18O3S. The molecule has 0 saturated heterocycles. The molecule has 0 bridgehead atoms. The summed E-state index contributed by atoms with van der Waals surface area (Å²) in [6.07, 6.45) is 1.82. The highest BCUT2D eigenvalue weighted by molar-refractivity contribution is 7.99. The van der Waals surface area contributed by atoms with E-state index < -0.39 is 12.1 Å². The summed E-state index contributed by atoms with van der Waals surface area (Å²) in [5.41, 5.74) is 0.931. The summed E-state index contributed by atoms with van der Waals surface area (Å²) in [4.78, 5) is 10.7. The number of carbonyl (C=O) groups is 1. The largest absolute Gasteiger partial charge is 0.481 e. The lowest BCUT2D eigenvalue weighted by Crippen LogP contribution is -2.12. The molecule has 2 rings (SSSR count). The van der Waals surface area contributed by atoms with Crippen LogP contribution in [-0.2, 0) is 4.79 Å². The molecule has 0 aliphatic heterocycles. The Labute approximate surface area is 111 Å². The maximum absolute atomic E-state index is 10.7. The molecule has 98 valence electrons. The van der Waals surface area contributed by atoms with E-state index in [-0.39, 0.29) is 11.8 Å². The van der Waals surface area contributed by atoms with Crippen molar-refractivity contribution >= 4 is 17.7 Å². The van der Waals surface area contributed by atoms with E-state index in [0.717, 1.165) is 24.2 Å². The highest BCUT2D eigenvalue weighted by atomic mass is 32.2. The molecule has 0 heterocycles. The molecule has 1 atom stereocenters. The van der Waals surface area contributed by atoms with Crippen LogP contribution in [-0.4, -0.2) is 27.7 Å². The number of aliphatic hydroxyl groups is 1. The number of rotatable bonds is 7. The molecule has 1 aliphatic rings. The molecule has 1 aromatic rings. The second-order valence-electron chi connectivity index (χ2n) is 5.01. The topological polar surface area (TPSA) is 57.5 Å². The Balaban J connectivity index is 1.74. The van der Waals surface area contributed by atoms with Gasteiger partial charge in [0.15, 0.2) is 0 Å². The van der Waals surface area contributed by atoms with Crippen LogP contribution in [0.15, 0.2) is 30.3 Å². The number of hydrogen-bond donors (Lipinski definition) is 2. The molecule has 3 nitrogen and oxygen atoms in total. The van der Waals surface area contributed by atoms with E-state index >= 15 is 0 Å². The Hall–Kier alpha value is -1.00. The lowest BCUT2D eigenvalue weighted by molar-refractivity contribution is -0.138. The molecule has 0 aromatic heterocycles. The Bertz CT molecular complexity index is 401. The first-order valence-corrected chi connectivity index (χ1v) is 7.29. The first-order valence-electron chi connectivity index (χ1n) is 6.14. The van der Waals surface area contributed by atoms with Crippen LogP contribution in [0.3, 0.4) is 0 Å². The molecule has 2 N–H and O–H groups in total. The number of hydrogen-bond acceptors (Lipinski definition) is 3. The lowest BCUT2D eigenvalue weighted by atomic mass is 10.1. The average molecular weight is 266 g/mol. The van der Waals surface area contributed by atoms with E-state index in [9.17, 15) is 9.90 Å². The van der Waals surface area contributed by atoms with Gasteiger partial charge in [0, 0.05) is 5.75 Å². The van der Waals surface area contributed by atoms with Crippen molar-refractivity contribution in [2.24, 2.45) is 5.41 Å². The lowest BCUT2D eigenvalue weighted by Gasteiger charge is -2.14. The first-order chi connectivity index (χ1) is 8.61. The molecule has 1 unspecified atom stereocenters. The molecule has 0 spiro atoms. The van der Waals surface area contributed by atoms with Gasteiger partial charge in [-0.1, -0.05) is 30.3 Å². The van der Waals surface area contributed by atoms with Gasteiger partial charge in [0.05, 0.1) is 12.5 Å². The van der Waals surface area contributed by atoms with Gasteiger partial charge in [0.2, 0.25) is 0 Å². The van der Waals surface area contributed by atoms with Crippen molar-refractivity contribution in [2.45, 2.75) is 25.4 Å². The number of carboxylic acid groups (broad SMARTS) is 1. The number of aliphatic carboxylic acids is 1. The summed E-state index contributed by atoms with van der Waals surface area (Å²) in [7, 11) is 0. The summed E-state index contributed by atoms with van der Waals surface area (Å²) >= 11 is 1.65. The van der Waals surface area contributed by atoms with Gasteiger partial charge in [0.1, 0.15) is 0 Å². The Kier molecular flexibility index (Phi) is 4.30. The van der Waals surface area contributed by atoms with Gasteiger partial charge in [-0.25, -0.2) is 0 Å². The second kappa shape index (κ2) is 5.76. The number of aliphatic hydroxyl groups excluding tert-OH is 1. The summed E-state index contributed by atoms with van der Waals surface area (Å²) in [5.74, 6) is 0.755. The molecule has 18 heavy (non-hydrogen) atoms. The third kappa shape index (κ3) is 3.75. The molecule has 0 amide bonds. The molecule has 1 aliphatic carbocycles. The fourth-order valence-corrected chi connectivity index (χ4v) is 3.39. The van der Waals surface area contributed by atoms with E-state index in [4.69, 9.17) is 5.11 Å². The zero-order chi connectivity index (χ0) is 13.0.